The van der Waals surface area contributed by atoms with E-state index < -0.39 is 13.2 Å². The van der Waals surface area contributed by atoms with Gasteiger partial charge in [-0.3, -0.25) is 15.5 Å². The maximum atomic E-state index is 11.0. The second kappa shape index (κ2) is 11.3. The van der Waals surface area contributed by atoms with Gasteiger partial charge in [0, 0.05) is 6.07 Å². The zero-order chi connectivity index (χ0) is 27.2. The van der Waals surface area contributed by atoms with E-state index in [1.807, 2.05) is 36.4 Å². The van der Waals surface area contributed by atoms with E-state index in [0.29, 0.717) is 11.4 Å². The van der Waals surface area contributed by atoms with Crippen LogP contribution in [0, 0.1) is 10.1 Å². The van der Waals surface area contributed by atoms with Crippen molar-refractivity contribution in [2.45, 2.75) is 25.8 Å². The lowest BCUT2D eigenvalue weighted by molar-refractivity contribution is -0.384. The van der Waals surface area contributed by atoms with Crippen molar-refractivity contribution in [3.63, 3.8) is 0 Å². The third-order valence-corrected chi connectivity index (χ3v) is 11.2. The van der Waals surface area contributed by atoms with Crippen molar-refractivity contribution in [2.24, 2.45) is 10.3 Å². The first-order valence-electron chi connectivity index (χ1n) is 12.1. The fourth-order valence-electron chi connectivity index (χ4n) is 4.42. The molecule has 0 aliphatic carbocycles. The predicted molar refractivity (Wildman–Crippen MR) is 152 cm³/mol. The number of nitrogens with zero attached hydrogens (tertiary/aromatic N) is 3. The first-order chi connectivity index (χ1) is 18.2. The molecule has 1 N–H and O–H groups in total. The van der Waals surface area contributed by atoms with Crippen LogP contribution in [0.5, 0.6) is 11.5 Å². The SMILES string of the molecule is COc1cc([N+](=O)[O-])ccc1N=NNc1ccc(O[Si](c2ccccc2)(c2ccccc2)C(C)(C)C)cc1. The Hall–Kier alpha value is -4.50. The highest BCUT2D eigenvalue weighted by molar-refractivity contribution is 7.00. The number of nitro benzene ring substituents is 1. The molecule has 0 heterocycles. The lowest BCUT2D eigenvalue weighted by Gasteiger charge is -2.43. The zero-order valence-electron chi connectivity index (χ0n) is 21.8. The number of hydrogen-bond acceptors (Lipinski definition) is 6. The van der Waals surface area contributed by atoms with Crippen LogP contribution in [-0.2, 0) is 0 Å². The van der Waals surface area contributed by atoms with Gasteiger partial charge in [0.2, 0.25) is 0 Å². The highest BCUT2D eigenvalue weighted by Gasteiger charge is 2.52. The molecule has 0 saturated carbocycles. The average molecular weight is 527 g/mol. The van der Waals surface area contributed by atoms with Gasteiger partial charge >= 0.3 is 8.32 Å². The number of methoxy groups -OCH3 is 1. The number of ether oxygens (including phenoxy) is 1. The van der Waals surface area contributed by atoms with Crippen LogP contribution in [0.15, 0.2) is 113 Å². The van der Waals surface area contributed by atoms with Crippen LogP contribution in [0.25, 0.3) is 0 Å². The molecule has 8 nitrogen and oxygen atoms in total. The highest BCUT2D eigenvalue weighted by Crippen LogP contribution is 2.38. The molecule has 4 rings (SSSR count). The van der Waals surface area contributed by atoms with E-state index >= 15 is 0 Å². The van der Waals surface area contributed by atoms with Gasteiger partial charge in [-0.25, -0.2) is 0 Å². The third kappa shape index (κ3) is 5.57. The fourth-order valence-corrected chi connectivity index (χ4v) is 8.84. The molecule has 0 amide bonds. The molecule has 0 bridgehead atoms. The molecule has 0 saturated heterocycles. The molecule has 0 aliphatic heterocycles. The Morgan fingerprint density at radius 1 is 0.842 bits per heavy atom. The Morgan fingerprint density at radius 2 is 1.42 bits per heavy atom. The number of nitrogens with one attached hydrogen (secondary N) is 1. The Labute approximate surface area is 223 Å². The summed E-state index contributed by atoms with van der Waals surface area (Å²) in [7, 11) is -1.30. The first-order valence-corrected chi connectivity index (χ1v) is 14.0. The molecule has 4 aromatic carbocycles. The molecule has 0 fully saturated rings. The van der Waals surface area contributed by atoms with Crippen LogP contribution < -0.4 is 25.0 Å². The van der Waals surface area contributed by atoms with Gasteiger partial charge in [-0.1, -0.05) is 86.7 Å². The monoisotopic (exact) mass is 526 g/mol. The van der Waals surface area contributed by atoms with Gasteiger partial charge < -0.3 is 9.16 Å². The maximum Gasteiger partial charge on any atom is 0.319 e. The summed E-state index contributed by atoms with van der Waals surface area (Å²) in [5, 5.41) is 21.4. The molecule has 9 heteroatoms. The number of non-ortho nitro benzene ring substituents is 1. The minimum atomic E-state index is -2.72. The second-order valence-corrected chi connectivity index (χ2v) is 13.9. The number of rotatable bonds is 9. The third-order valence-electron chi connectivity index (χ3n) is 6.25. The molecule has 0 aliphatic rings. The maximum absolute atomic E-state index is 11.0. The largest absolute Gasteiger partial charge is 0.534 e. The van der Waals surface area contributed by atoms with Crippen molar-refractivity contribution < 1.29 is 14.1 Å². The molecule has 0 spiro atoms. The predicted octanol–water partition coefficient (Wildman–Crippen LogP) is 6.65. The molecule has 194 valence electrons. The van der Waals surface area contributed by atoms with Gasteiger partial charge in [-0.2, -0.15) is 0 Å². The lowest BCUT2D eigenvalue weighted by Crippen LogP contribution is -2.68. The second-order valence-electron chi connectivity index (χ2n) is 9.71. The molecule has 0 radical (unpaired) electrons. The first kappa shape index (κ1) is 26.6. The fraction of sp³-hybridized carbons (Fsp3) is 0.172. The summed E-state index contributed by atoms with van der Waals surface area (Å²) in [5.74, 6) is 1.03. The van der Waals surface area contributed by atoms with E-state index in [4.69, 9.17) is 9.16 Å². The van der Waals surface area contributed by atoms with Gasteiger partial charge in [0.1, 0.15) is 11.4 Å². The number of anilines is 1. The van der Waals surface area contributed by atoms with Crippen LogP contribution in [0.4, 0.5) is 17.1 Å². The van der Waals surface area contributed by atoms with Crippen molar-refractivity contribution in [3.05, 3.63) is 113 Å². The van der Waals surface area contributed by atoms with Gasteiger partial charge in [-0.15, -0.1) is 5.11 Å². The van der Waals surface area contributed by atoms with E-state index in [1.54, 1.807) is 0 Å². The molecule has 0 aromatic heterocycles. The molecule has 0 atom stereocenters. The Kier molecular flexibility index (Phi) is 7.87. The van der Waals surface area contributed by atoms with Gasteiger partial charge in [0.05, 0.1) is 23.8 Å². The van der Waals surface area contributed by atoms with E-state index in [-0.39, 0.29) is 16.5 Å². The van der Waals surface area contributed by atoms with Gasteiger partial charge in [0.25, 0.3) is 5.69 Å². The Morgan fingerprint density at radius 3 is 1.92 bits per heavy atom. The van der Waals surface area contributed by atoms with E-state index in [9.17, 15) is 10.1 Å². The Balaban J connectivity index is 1.59. The Bertz CT molecular complexity index is 1370. The van der Waals surface area contributed by atoms with E-state index in [2.05, 4.69) is 85.1 Å². The van der Waals surface area contributed by atoms with Crippen molar-refractivity contribution in [1.82, 2.24) is 0 Å². The van der Waals surface area contributed by atoms with E-state index in [0.717, 1.165) is 5.75 Å². The minimum Gasteiger partial charge on any atom is -0.534 e. The van der Waals surface area contributed by atoms with Gasteiger partial charge in [-0.05, 0) is 45.7 Å². The summed E-state index contributed by atoms with van der Waals surface area (Å²) in [6.07, 6.45) is 0. The highest BCUT2D eigenvalue weighted by atomic mass is 28.4. The standard InChI is InChI=1S/C29H30N4O4Si/c1-29(2,3)38(25-11-7-5-8-12-25,26-13-9-6-10-14-26)37-24-18-15-22(16-19-24)30-32-31-27-20-17-23(33(34)35)21-28(27)36-4/h5-21H,1-4H3,(H,30,31). The van der Waals surface area contributed by atoms with Crippen LogP contribution >= 0.6 is 0 Å². The van der Waals surface area contributed by atoms with Crippen molar-refractivity contribution in [3.8, 4) is 11.5 Å². The van der Waals surface area contributed by atoms with Crippen molar-refractivity contribution in [2.75, 3.05) is 12.5 Å². The van der Waals surface area contributed by atoms with Crippen LogP contribution in [-0.4, -0.2) is 20.4 Å². The number of hydrogen-bond donors (Lipinski definition) is 1. The summed E-state index contributed by atoms with van der Waals surface area (Å²) in [5.41, 5.74) is 3.90. The molecular formula is C29H30N4O4Si. The van der Waals surface area contributed by atoms with E-state index in [1.165, 1.54) is 35.7 Å². The molecule has 4 aromatic rings. The topological polar surface area (TPSA) is 98.4 Å². The van der Waals surface area contributed by atoms with Gasteiger partial charge in [0.15, 0.2) is 5.75 Å². The number of nitro groups is 1. The smallest absolute Gasteiger partial charge is 0.319 e. The average Bonchev–Trinajstić information content (AvgIpc) is 2.93. The summed E-state index contributed by atoms with van der Waals surface area (Å²) in [6, 6.07) is 32.7. The summed E-state index contributed by atoms with van der Waals surface area (Å²) >= 11 is 0. The normalized spacial score (nSPS) is 11.8. The van der Waals surface area contributed by atoms with Crippen molar-refractivity contribution in [1.29, 1.82) is 0 Å². The van der Waals surface area contributed by atoms with Crippen LogP contribution in [0.1, 0.15) is 20.8 Å². The zero-order valence-corrected chi connectivity index (χ0v) is 22.8. The minimum absolute atomic E-state index is 0.0785. The molecular weight excluding hydrogens is 496 g/mol. The summed E-state index contributed by atoms with van der Waals surface area (Å²) < 4.78 is 12.2. The van der Waals surface area contributed by atoms with Crippen molar-refractivity contribution >= 4 is 35.8 Å². The van der Waals surface area contributed by atoms with Crippen LogP contribution in [0.2, 0.25) is 5.04 Å². The summed E-state index contributed by atoms with van der Waals surface area (Å²) in [4.78, 5) is 10.5. The molecule has 38 heavy (non-hydrogen) atoms. The molecule has 0 unspecified atom stereocenters. The quantitative estimate of drug-likeness (QED) is 0.114. The number of benzene rings is 4. The lowest BCUT2D eigenvalue weighted by atomic mass is 10.2. The summed E-state index contributed by atoms with van der Waals surface area (Å²) in [6.45, 7) is 6.71. The van der Waals surface area contributed by atoms with Crippen LogP contribution in [0.3, 0.4) is 0 Å².